The Bertz CT molecular complexity index is 346. The van der Waals surface area contributed by atoms with Gasteiger partial charge in [-0.25, -0.2) is 5.01 Å². The molecule has 1 aromatic rings. The van der Waals surface area contributed by atoms with Crippen molar-refractivity contribution in [2.45, 2.75) is 19.3 Å². The van der Waals surface area contributed by atoms with Crippen LogP contribution in [-0.4, -0.2) is 33.8 Å². The molecule has 1 fully saturated rings. The second kappa shape index (κ2) is 5.86. The van der Waals surface area contributed by atoms with Gasteiger partial charge in [0.2, 0.25) is 0 Å². The molecule has 0 radical (unpaired) electrons. The number of aryl methyl sites for hydroxylation is 1. The number of carbonyl (C=O) groups excluding carboxylic acids is 1. The number of hydrogen-bond donors (Lipinski definition) is 1. The zero-order valence-corrected chi connectivity index (χ0v) is 10.2. The van der Waals surface area contributed by atoms with Crippen molar-refractivity contribution in [3.8, 4) is 0 Å². The normalized spacial score (nSPS) is 16.6. The Balaban J connectivity index is 0.00000128. The number of hydrogen-bond acceptors (Lipinski definition) is 3. The maximum atomic E-state index is 11.7. The molecule has 0 bridgehead atoms. The number of rotatable bonds is 2. The fourth-order valence-corrected chi connectivity index (χ4v) is 1.74. The highest BCUT2D eigenvalue weighted by atomic mass is 35.5. The summed E-state index contributed by atoms with van der Waals surface area (Å²) in [6.45, 7) is 1.89. The Morgan fingerprint density at radius 1 is 1.38 bits per heavy atom. The van der Waals surface area contributed by atoms with Crippen LogP contribution in [-0.2, 0) is 7.05 Å². The molecule has 0 saturated carbocycles. The Hall–Kier alpha value is -1.07. The molecular weight excluding hydrogens is 228 g/mol. The van der Waals surface area contributed by atoms with Crippen molar-refractivity contribution in [2.24, 2.45) is 7.05 Å². The van der Waals surface area contributed by atoms with Gasteiger partial charge in [0.05, 0.1) is 0 Å². The summed E-state index contributed by atoms with van der Waals surface area (Å²) in [5, 5.41) is 6.03. The summed E-state index contributed by atoms with van der Waals surface area (Å²) in [4.78, 5) is 11.7. The summed E-state index contributed by atoms with van der Waals surface area (Å²) in [6.07, 6.45) is 5.34. The number of halogens is 1. The van der Waals surface area contributed by atoms with Crippen LogP contribution in [0.4, 0.5) is 0 Å². The molecular formula is C10H17ClN4O. The van der Waals surface area contributed by atoms with Crippen LogP contribution in [0.1, 0.15) is 29.8 Å². The van der Waals surface area contributed by atoms with Gasteiger partial charge in [0, 0.05) is 26.3 Å². The quantitative estimate of drug-likeness (QED) is 0.844. The van der Waals surface area contributed by atoms with Gasteiger partial charge in [-0.15, -0.1) is 12.4 Å². The highest BCUT2D eigenvalue weighted by Crippen LogP contribution is 2.06. The smallest absolute Gasteiger partial charge is 0.283 e. The molecule has 0 aliphatic carbocycles. The molecule has 16 heavy (non-hydrogen) atoms. The van der Waals surface area contributed by atoms with Crippen molar-refractivity contribution in [1.29, 1.82) is 0 Å². The molecule has 6 heteroatoms. The number of hydrazine groups is 1. The van der Waals surface area contributed by atoms with E-state index < -0.39 is 0 Å². The summed E-state index contributed by atoms with van der Waals surface area (Å²) in [5.74, 6) is -0.113. The van der Waals surface area contributed by atoms with Gasteiger partial charge in [-0.05, 0) is 18.9 Å². The topological polar surface area (TPSA) is 50.2 Å². The van der Waals surface area contributed by atoms with E-state index >= 15 is 0 Å². The number of aromatic nitrogens is 2. The lowest BCUT2D eigenvalue weighted by Gasteiger charge is -2.26. The fourth-order valence-electron chi connectivity index (χ4n) is 1.74. The molecule has 0 atom stereocenters. The molecule has 1 saturated heterocycles. The lowest BCUT2D eigenvalue weighted by atomic mass is 10.2. The molecule has 2 rings (SSSR count). The Labute approximate surface area is 101 Å². The van der Waals surface area contributed by atoms with Crippen LogP contribution >= 0.6 is 12.4 Å². The Morgan fingerprint density at radius 2 is 2.06 bits per heavy atom. The van der Waals surface area contributed by atoms with Gasteiger partial charge in [-0.2, -0.15) is 5.10 Å². The van der Waals surface area contributed by atoms with Crippen LogP contribution in [0.15, 0.2) is 12.3 Å². The third-order valence-corrected chi connectivity index (χ3v) is 2.56. The molecule has 1 aromatic heterocycles. The third-order valence-electron chi connectivity index (χ3n) is 2.56. The first-order valence-corrected chi connectivity index (χ1v) is 5.31. The number of amides is 1. The third kappa shape index (κ3) is 3.21. The molecule has 5 nitrogen and oxygen atoms in total. The molecule has 1 aliphatic heterocycles. The van der Waals surface area contributed by atoms with Gasteiger partial charge in [0.25, 0.3) is 5.91 Å². The Morgan fingerprint density at radius 3 is 2.62 bits per heavy atom. The first-order chi connectivity index (χ1) is 7.25. The summed E-state index contributed by atoms with van der Waals surface area (Å²) >= 11 is 0. The zero-order valence-electron chi connectivity index (χ0n) is 9.35. The molecule has 2 heterocycles. The number of nitrogens with one attached hydrogen (secondary N) is 1. The minimum Gasteiger partial charge on any atom is -0.283 e. The van der Waals surface area contributed by atoms with Crippen molar-refractivity contribution < 1.29 is 4.79 Å². The maximum absolute atomic E-state index is 11.7. The van der Waals surface area contributed by atoms with Gasteiger partial charge in [0.1, 0.15) is 0 Å². The van der Waals surface area contributed by atoms with Gasteiger partial charge in [0.15, 0.2) is 5.69 Å². The van der Waals surface area contributed by atoms with Crippen molar-refractivity contribution in [1.82, 2.24) is 20.2 Å². The van der Waals surface area contributed by atoms with E-state index in [4.69, 9.17) is 0 Å². The zero-order chi connectivity index (χ0) is 10.7. The highest BCUT2D eigenvalue weighted by Gasteiger charge is 2.15. The highest BCUT2D eigenvalue weighted by molar-refractivity contribution is 5.91. The van der Waals surface area contributed by atoms with Gasteiger partial charge < -0.3 is 0 Å². The minimum absolute atomic E-state index is 0. The lowest BCUT2D eigenvalue weighted by Crippen LogP contribution is -2.45. The molecule has 0 aromatic carbocycles. The monoisotopic (exact) mass is 244 g/mol. The van der Waals surface area contributed by atoms with E-state index in [0.717, 1.165) is 25.9 Å². The van der Waals surface area contributed by atoms with Crippen LogP contribution in [0.25, 0.3) is 0 Å². The Kier molecular flexibility index (Phi) is 4.76. The second-order valence-electron chi connectivity index (χ2n) is 3.86. The van der Waals surface area contributed by atoms with Crippen LogP contribution in [0.3, 0.4) is 0 Å². The SMILES string of the molecule is Cl.Cn1ccc(C(=O)NN2CCCCC2)n1. The minimum atomic E-state index is -0.113. The van der Waals surface area contributed by atoms with Crippen LogP contribution in [0.2, 0.25) is 0 Å². The van der Waals surface area contributed by atoms with Crippen LogP contribution in [0.5, 0.6) is 0 Å². The van der Waals surface area contributed by atoms with E-state index in [1.54, 1.807) is 24.0 Å². The average Bonchev–Trinajstić information content (AvgIpc) is 2.66. The molecule has 0 unspecified atom stereocenters. The predicted molar refractivity (Wildman–Crippen MR) is 63.3 cm³/mol. The van der Waals surface area contributed by atoms with Crippen molar-refractivity contribution >= 4 is 18.3 Å². The summed E-state index contributed by atoms with van der Waals surface area (Å²) < 4.78 is 1.63. The van der Waals surface area contributed by atoms with Gasteiger partial charge >= 0.3 is 0 Å². The lowest BCUT2D eigenvalue weighted by molar-refractivity contribution is 0.0744. The molecule has 90 valence electrons. The van der Waals surface area contributed by atoms with E-state index in [0.29, 0.717) is 5.69 Å². The van der Waals surface area contributed by atoms with Crippen molar-refractivity contribution in [3.05, 3.63) is 18.0 Å². The van der Waals surface area contributed by atoms with Crippen molar-refractivity contribution in [2.75, 3.05) is 13.1 Å². The molecule has 1 aliphatic rings. The van der Waals surface area contributed by atoms with Gasteiger partial charge in [-0.1, -0.05) is 6.42 Å². The van der Waals surface area contributed by atoms with E-state index in [1.807, 2.05) is 5.01 Å². The first-order valence-electron chi connectivity index (χ1n) is 5.31. The fraction of sp³-hybridized carbons (Fsp3) is 0.600. The summed E-state index contributed by atoms with van der Waals surface area (Å²) in [7, 11) is 1.80. The molecule has 1 N–H and O–H groups in total. The first kappa shape index (κ1) is 13.0. The number of carbonyl (C=O) groups is 1. The summed E-state index contributed by atoms with van der Waals surface area (Å²) in [6, 6.07) is 1.72. The van der Waals surface area contributed by atoms with Crippen molar-refractivity contribution in [3.63, 3.8) is 0 Å². The van der Waals surface area contributed by atoms with Crippen LogP contribution in [0, 0.1) is 0 Å². The standard InChI is InChI=1S/C10H16N4O.ClH/c1-13-8-5-9(11-13)10(15)12-14-6-3-2-4-7-14;/h5,8H,2-4,6-7H2,1H3,(H,12,15);1H. The van der Waals surface area contributed by atoms with Gasteiger partial charge in [-0.3, -0.25) is 14.9 Å². The average molecular weight is 245 g/mol. The van der Waals surface area contributed by atoms with E-state index in [9.17, 15) is 4.79 Å². The maximum Gasteiger partial charge on any atom is 0.286 e. The van der Waals surface area contributed by atoms with E-state index in [2.05, 4.69) is 10.5 Å². The largest absolute Gasteiger partial charge is 0.286 e. The summed E-state index contributed by atoms with van der Waals surface area (Å²) in [5.41, 5.74) is 3.34. The number of piperidine rings is 1. The van der Waals surface area contributed by atoms with E-state index in [-0.39, 0.29) is 18.3 Å². The predicted octanol–water partition coefficient (Wildman–Crippen LogP) is 0.973. The van der Waals surface area contributed by atoms with Crippen LogP contribution < -0.4 is 5.43 Å². The van der Waals surface area contributed by atoms with E-state index in [1.165, 1.54) is 6.42 Å². The second-order valence-corrected chi connectivity index (χ2v) is 3.86. The molecule has 0 spiro atoms. The number of nitrogens with zero attached hydrogens (tertiary/aromatic N) is 3. The molecule has 1 amide bonds.